The Morgan fingerprint density at radius 3 is 2.52 bits per heavy atom. The van der Waals surface area contributed by atoms with E-state index >= 15 is 0 Å². The molecule has 7 heteroatoms. The van der Waals surface area contributed by atoms with Crippen LogP contribution >= 0.6 is 11.3 Å². The average Bonchev–Trinajstić information content (AvgIpc) is 3.15. The van der Waals surface area contributed by atoms with E-state index in [1.54, 1.807) is 26.4 Å². The highest BCUT2D eigenvalue weighted by atomic mass is 32.1. The van der Waals surface area contributed by atoms with Gasteiger partial charge in [0.15, 0.2) is 0 Å². The van der Waals surface area contributed by atoms with E-state index in [0.717, 1.165) is 33.1 Å². The number of methoxy groups -OCH3 is 2. The second-order valence-corrected chi connectivity index (χ2v) is 6.97. The van der Waals surface area contributed by atoms with Crippen molar-refractivity contribution in [2.24, 2.45) is 10.1 Å². The van der Waals surface area contributed by atoms with Crippen molar-refractivity contribution in [2.75, 3.05) is 20.8 Å². The molecule has 3 rings (SSSR count). The zero-order chi connectivity index (χ0) is 20.8. The van der Waals surface area contributed by atoms with Crippen molar-refractivity contribution in [1.82, 2.24) is 4.68 Å². The summed E-state index contributed by atoms with van der Waals surface area (Å²) < 4.78 is 12.7. The van der Waals surface area contributed by atoms with Gasteiger partial charge >= 0.3 is 0 Å². The van der Waals surface area contributed by atoms with Crippen LogP contribution < -0.4 is 14.3 Å². The predicted octanol–water partition coefficient (Wildman–Crippen LogP) is 4.30. The van der Waals surface area contributed by atoms with Crippen LogP contribution in [-0.2, 0) is 0 Å². The maximum absolute atomic E-state index is 9.00. The zero-order valence-electron chi connectivity index (χ0n) is 16.8. The first-order valence-corrected chi connectivity index (χ1v) is 9.98. The van der Waals surface area contributed by atoms with Gasteiger partial charge in [-0.1, -0.05) is 12.1 Å². The number of ether oxygens (including phenoxy) is 2. The summed E-state index contributed by atoms with van der Waals surface area (Å²) in [4.78, 5) is 5.38. The third kappa shape index (κ3) is 4.39. The SMILES string of the molecule is CCN=c1scc(-c2ccc(OC)cc2OC)n1N=C(C)c1ccc(C#N)cc1. The van der Waals surface area contributed by atoms with Crippen LogP contribution in [0.1, 0.15) is 25.0 Å². The Morgan fingerprint density at radius 1 is 1.14 bits per heavy atom. The lowest BCUT2D eigenvalue weighted by Gasteiger charge is -2.11. The average molecular weight is 407 g/mol. The monoisotopic (exact) mass is 406 g/mol. The molecular formula is C22H22N4O2S. The maximum atomic E-state index is 9.00. The van der Waals surface area contributed by atoms with Gasteiger partial charge in [0, 0.05) is 23.6 Å². The van der Waals surface area contributed by atoms with Crippen molar-refractivity contribution in [3.8, 4) is 28.8 Å². The molecule has 29 heavy (non-hydrogen) atoms. The van der Waals surface area contributed by atoms with Crippen LogP contribution in [-0.4, -0.2) is 31.2 Å². The summed E-state index contributed by atoms with van der Waals surface area (Å²) in [5.74, 6) is 1.42. The molecule has 0 aliphatic carbocycles. The summed E-state index contributed by atoms with van der Waals surface area (Å²) >= 11 is 1.53. The van der Waals surface area contributed by atoms with Crippen molar-refractivity contribution < 1.29 is 9.47 Å². The molecule has 0 bridgehead atoms. The Hall–Kier alpha value is -3.37. The molecule has 0 spiro atoms. The van der Waals surface area contributed by atoms with E-state index in [9.17, 15) is 0 Å². The summed E-state index contributed by atoms with van der Waals surface area (Å²) in [6, 6.07) is 15.2. The number of aromatic nitrogens is 1. The van der Waals surface area contributed by atoms with E-state index < -0.39 is 0 Å². The molecule has 0 amide bonds. The Morgan fingerprint density at radius 2 is 1.90 bits per heavy atom. The highest BCUT2D eigenvalue weighted by molar-refractivity contribution is 7.07. The fourth-order valence-corrected chi connectivity index (χ4v) is 3.72. The Balaban J connectivity index is 2.15. The largest absolute Gasteiger partial charge is 0.497 e. The van der Waals surface area contributed by atoms with E-state index in [4.69, 9.17) is 19.8 Å². The number of nitriles is 1. The molecule has 0 saturated carbocycles. The van der Waals surface area contributed by atoms with Gasteiger partial charge in [0.1, 0.15) is 11.5 Å². The molecule has 6 nitrogen and oxygen atoms in total. The van der Waals surface area contributed by atoms with Gasteiger partial charge in [0.05, 0.1) is 37.3 Å². The molecule has 1 aromatic heterocycles. The molecular weight excluding hydrogens is 384 g/mol. The fourth-order valence-electron chi connectivity index (χ4n) is 2.83. The van der Waals surface area contributed by atoms with Gasteiger partial charge in [0.25, 0.3) is 0 Å². The quantitative estimate of drug-likeness (QED) is 0.573. The van der Waals surface area contributed by atoms with Crippen LogP contribution in [0.15, 0.2) is 57.9 Å². The van der Waals surface area contributed by atoms with Gasteiger partial charge in [-0.05, 0) is 43.7 Å². The molecule has 0 radical (unpaired) electrons. The van der Waals surface area contributed by atoms with Crippen LogP contribution in [0, 0.1) is 11.3 Å². The summed E-state index contributed by atoms with van der Waals surface area (Å²) in [7, 11) is 3.26. The van der Waals surface area contributed by atoms with Crippen molar-refractivity contribution in [3.63, 3.8) is 0 Å². The van der Waals surface area contributed by atoms with Crippen LogP contribution in [0.3, 0.4) is 0 Å². The number of hydrogen-bond acceptors (Lipinski definition) is 6. The summed E-state index contributed by atoms with van der Waals surface area (Å²) in [5, 5.41) is 15.9. The van der Waals surface area contributed by atoms with Crippen LogP contribution in [0.2, 0.25) is 0 Å². The molecule has 0 N–H and O–H groups in total. The Kier molecular flexibility index (Phi) is 6.47. The fraction of sp³-hybridized carbons (Fsp3) is 0.227. The lowest BCUT2D eigenvalue weighted by Crippen LogP contribution is -2.14. The van der Waals surface area contributed by atoms with Crippen molar-refractivity contribution in [3.05, 3.63) is 63.8 Å². The molecule has 3 aromatic rings. The Bertz CT molecular complexity index is 1130. The van der Waals surface area contributed by atoms with E-state index in [2.05, 4.69) is 11.1 Å². The third-order valence-electron chi connectivity index (χ3n) is 4.35. The zero-order valence-corrected chi connectivity index (χ0v) is 17.7. The van der Waals surface area contributed by atoms with Gasteiger partial charge in [-0.15, -0.1) is 11.3 Å². The van der Waals surface area contributed by atoms with E-state index in [1.807, 2.05) is 54.2 Å². The number of thiazole rings is 1. The lowest BCUT2D eigenvalue weighted by atomic mass is 10.1. The summed E-state index contributed by atoms with van der Waals surface area (Å²) in [5.41, 5.74) is 4.17. The van der Waals surface area contributed by atoms with Crippen LogP contribution in [0.5, 0.6) is 11.5 Å². The van der Waals surface area contributed by atoms with E-state index in [1.165, 1.54) is 11.3 Å². The number of rotatable bonds is 6. The Labute approximate surface area is 174 Å². The molecule has 2 aromatic carbocycles. The van der Waals surface area contributed by atoms with Gasteiger partial charge in [-0.25, -0.2) is 4.68 Å². The molecule has 148 valence electrons. The molecule has 0 aliphatic heterocycles. The molecule has 0 saturated heterocycles. The minimum absolute atomic E-state index is 0.620. The first-order valence-electron chi connectivity index (χ1n) is 9.10. The first kappa shape index (κ1) is 20.4. The van der Waals surface area contributed by atoms with Gasteiger partial charge < -0.3 is 9.47 Å². The number of benzene rings is 2. The minimum atomic E-state index is 0.620. The second-order valence-electron chi connectivity index (χ2n) is 6.13. The molecule has 0 unspecified atom stereocenters. The van der Waals surface area contributed by atoms with Crippen LogP contribution in [0.4, 0.5) is 0 Å². The highest BCUT2D eigenvalue weighted by Crippen LogP contribution is 2.33. The topological polar surface area (TPSA) is 71.9 Å². The molecule has 0 atom stereocenters. The standard InChI is InChI=1S/C22H22N4O2S/c1-5-24-22-26(25-15(2)17-8-6-16(13-23)7-9-17)20(14-29-22)19-11-10-18(27-3)12-21(19)28-4/h6-12,14H,5H2,1-4H3. The summed E-state index contributed by atoms with van der Waals surface area (Å²) in [6.45, 7) is 4.59. The first-order chi connectivity index (χ1) is 14.1. The molecule has 1 heterocycles. The van der Waals surface area contributed by atoms with Gasteiger partial charge in [0.2, 0.25) is 4.80 Å². The smallest absolute Gasteiger partial charge is 0.206 e. The lowest BCUT2D eigenvalue weighted by molar-refractivity contribution is 0.395. The van der Waals surface area contributed by atoms with E-state index in [0.29, 0.717) is 17.9 Å². The summed E-state index contributed by atoms with van der Waals surface area (Å²) in [6.07, 6.45) is 0. The highest BCUT2D eigenvalue weighted by Gasteiger charge is 2.14. The number of nitrogens with zero attached hydrogens (tertiary/aromatic N) is 4. The van der Waals surface area contributed by atoms with Crippen molar-refractivity contribution in [1.29, 1.82) is 5.26 Å². The second kappa shape index (κ2) is 9.22. The van der Waals surface area contributed by atoms with Gasteiger partial charge in [-0.3, -0.25) is 4.99 Å². The van der Waals surface area contributed by atoms with E-state index in [-0.39, 0.29) is 0 Å². The maximum Gasteiger partial charge on any atom is 0.206 e. The normalized spacial score (nSPS) is 12.0. The van der Waals surface area contributed by atoms with Crippen LogP contribution in [0.25, 0.3) is 11.3 Å². The molecule has 0 aliphatic rings. The number of hydrogen-bond donors (Lipinski definition) is 0. The third-order valence-corrected chi connectivity index (χ3v) is 5.20. The minimum Gasteiger partial charge on any atom is -0.497 e. The van der Waals surface area contributed by atoms with Crippen molar-refractivity contribution >= 4 is 17.0 Å². The van der Waals surface area contributed by atoms with Crippen molar-refractivity contribution in [2.45, 2.75) is 13.8 Å². The van der Waals surface area contributed by atoms with Gasteiger partial charge in [-0.2, -0.15) is 10.4 Å². The molecule has 0 fully saturated rings. The predicted molar refractivity (Wildman–Crippen MR) is 116 cm³/mol.